The molecule has 0 unspecified atom stereocenters. The molecule has 0 aliphatic heterocycles. The molecule has 18 heavy (non-hydrogen) atoms. The zero-order chi connectivity index (χ0) is 13.4. The van der Waals surface area contributed by atoms with Crippen LogP contribution in [0.25, 0.3) is 11.1 Å². The van der Waals surface area contributed by atoms with Crippen LogP contribution >= 0.6 is 0 Å². The minimum atomic E-state index is -0.245. The predicted octanol–water partition coefficient (Wildman–Crippen LogP) is 2.17. The van der Waals surface area contributed by atoms with Crippen LogP contribution in [0.15, 0.2) is 54.9 Å². The van der Waals surface area contributed by atoms with Crippen LogP contribution in [0.1, 0.15) is 6.92 Å². The molecule has 94 valence electrons. The highest BCUT2D eigenvalue weighted by molar-refractivity contribution is 5.65. The molecule has 2 aromatic rings. The van der Waals surface area contributed by atoms with E-state index in [9.17, 15) is 10.0 Å². The van der Waals surface area contributed by atoms with Crippen molar-refractivity contribution in [2.75, 3.05) is 7.11 Å². The van der Waals surface area contributed by atoms with Crippen molar-refractivity contribution in [2.45, 2.75) is 6.92 Å². The van der Waals surface area contributed by atoms with E-state index >= 15 is 0 Å². The van der Waals surface area contributed by atoms with Crippen LogP contribution in [0.3, 0.4) is 0 Å². The number of aromatic nitrogens is 1. The van der Waals surface area contributed by atoms with Crippen LogP contribution in [-0.4, -0.2) is 13.1 Å². The number of benzene rings is 1. The standard InChI is InChI=1S/C11H9NO.C3H6O2/c13-12-8-6-11(7-9-12)10-4-2-1-3-5-10;1-3(4)5-2/h1-9H;1-2H3. The van der Waals surface area contributed by atoms with E-state index in [1.807, 2.05) is 42.5 Å². The van der Waals surface area contributed by atoms with Gasteiger partial charge >= 0.3 is 5.97 Å². The summed E-state index contributed by atoms with van der Waals surface area (Å²) in [5, 5.41) is 10.8. The number of hydrogen-bond acceptors (Lipinski definition) is 3. The van der Waals surface area contributed by atoms with Crippen molar-refractivity contribution >= 4 is 5.97 Å². The fraction of sp³-hybridized carbons (Fsp3) is 0.143. The lowest BCUT2D eigenvalue weighted by Gasteiger charge is -1.99. The quantitative estimate of drug-likeness (QED) is 0.439. The SMILES string of the molecule is COC(C)=O.[O-][n+]1ccc(-c2ccccc2)cc1. The Balaban J connectivity index is 0.000000280. The summed E-state index contributed by atoms with van der Waals surface area (Å²) >= 11 is 0. The van der Waals surface area contributed by atoms with Crippen LogP contribution in [0.4, 0.5) is 0 Å². The minimum Gasteiger partial charge on any atom is -0.619 e. The molecule has 1 aromatic heterocycles. The molecule has 0 bridgehead atoms. The molecule has 1 heterocycles. The van der Waals surface area contributed by atoms with E-state index in [4.69, 9.17) is 0 Å². The minimum absolute atomic E-state index is 0.245. The van der Waals surface area contributed by atoms with Crippen LogP contribution in [0.5, 0.6) is 0 Å². The lowest BCUT2D eigenvalue weighted by molar-refractivity contribution is -0.605. The van der Waals surface area contributed by atoms with Gasteiger partial charge in [0.05, 0.1) is 7.11 Å². The summed E-state index contributed by atoms with van der Waals surface area (Å²) in [6, 6.07) is 13.6. The molecule has 0 radical (unpaired) electrons. The summed E-state index contributed by atoms with van der Waals surface area (Å²) in [6.07, 6.45) is 3.00. The second kappa shape index (κ2) is 7.06. The molecule has 0 N–H and O–H groups in total. The number of methoxy groups -OCH3 is 1. The number of ether oxygens (including phenoxy) is 1. The molecule has 4 heteroatoms. The molecule has 0 fully saturated rings. The van der Waals surface area contributed by atoms with Gasteiger partial charge in [-0.25, -0.2) is 0 Å². The molecule has 0 saturated carbocycles. The maximum atomic E-state index is 10.8. The first-order valence-electron chi connectivity index (χ1n) is 5.42. The van der Waals surface area contributed by atoms with E-state index in [1.165, 1.54) is 26.4 Å². The molecular weight excluding hydrogens is 230 g/mol. The Morgan fingerprint density at radius 1 is 1.06 bits per heavy atom. The van der Waals surface area contributed by atoms with E-state index in [0.29, 0.717) is 0 Å². The summed E-state index contributed by atoms with van der Waals surface area (Å²) < 4.78 is 4.90. The van der Waals surface area contributed by atoms with Gasteiger partial charge in [-0.3, -0.25) is 4.79 Å². The van der Waals surface area contributed by atoms with Gasteiger partial charge in [0.1, 0.15) is 0 Å². The summed E-state index contributed by atoms with van der Waals surface area (Å²) in [4.78, 5) is 9.59. The average Bonchev–Trinajstić information content (AvgIpc) is 2.41. The van der Waals surface area contributed by atoms with Gasteiger partial charge < -0.3 is 9.94 Å². The number of carbonyl (C=O) groups excluding carboxylic acids is 1. The third-order valence-electron chi connectivity index (χ3n) is 2.20. The van der Waals surface area contributed by atoms with Crippen molar-refractivity contribution < 1.29 is 14.3 Å². The summed E-state index contributed by atoms with van der Waals surface area (Å²) in [5.41, 5.74) is 2.19. The Morgan fingerprint density at radius 3 is 1.94 bits per heavy atom. The number of carbonyl (C=O) groups is 1. The Labute approximate surface area is 106 Å². The molecule has 0 saturated heterocycles. The van der Waals surface area contributed by atoms with Gasteiger partial charge in [-0.1, -0.05) is 30.3 Å². The summed E-state index contributed by atoms with van der Waals surface area (Å²) in [6.45, 7) is 1.36. The fourth-order valence-electron chi connectivity index (χ4n) is 1.24. The highest BCUT2D eigenvalue weighted by Gasteiger charge is 1.96. The Kier molecular flexibility index (Phi) is 5.38. The maximum absolute atomic E-state index is 10.8. The van der Waals surface area contributed by atoms with Crippen molar-refractivity contribution in [2.24, 2.45) is 0 Å². The largest absolute Gasteiger partial charge is 0.619 e. The Hall–Kier alpha value is -2.36. The second-order valence-electron chi connectivity index (χ2n) is 3.51. The highest BCUT2D eigenvalue weighted by atomic mass is 16.5. The molecule has 0 aliphatic rings. The maximum Gasteiger partial charge on any atom is 0.302 e. The molecule has 0 spiro atoms. The number of rotatable bonds is 1. The number of esters is 1. The van der Waals surface area contributed by atoms with Gasteiger partial charge in [-0.15, -0.1) is 0 Å². The molecule has 0 amide bonds. The first-order valence-corrected chi connectivity index (χ1v) is 5.42. The van der Waals surface area contributed by atoms with Crippen molar-refractivity contribution in [3.8, 4) is 11.1 Å². The van der Waals surface area contributed by atoms with Crippen molar-refractivity contribution in [1.82, 2.24) is 0 Å². The first-order chi connectivity index (χ1) is 8.63. The van der Waals surface area contributed by atoms with Gasteiger partial charge in [-0.2, -0.15) is 4.73 Å². The smallest absolute Gasteiger partial charge is 0.302 e. The Bertz CT molecular complexity index is 480. The normalized spacial score (nSPS) is 9.00. The molecule has 0 atom stereocenters. The third kappa shape index (κ3) is 4.65. The van der Waals surface area contributed by atoms with Crippen molar-refractivity contribution in [1.29, 1.82) is 0 Å². The molecule has 0 aliphatic carbocycles. The zero-order valence-corrected chi connectivity index (χ0v) is 10.4. The molecule has 2 rings (SSSR count). The zero-order valence-electron chi connectivity index (χ0n) is 10.4. The second-order valence-corrected chi connectivity index (χ2v) is 3.51. The van der Waals surface area contributed by atoms with Crippen LogP contribution < -0.4 is 4.73 Å². The van der Waals surface area contributed by atoms with E-state index in [2.05, 4.69) is 4.74 Å². The van der Waals surface area contributed by atoms with Gasteiger partial charge in [0.2, 0.25) is 0 Å². The lowest BCUT2D eigenvalue weighted by atomic mass is 10.1. The van der Waals surface area contributed by atoms with Crippen molar-refractivity contribution in [3.05, 3.63) is 60.1 Å². The topological polar surface area (TPSA) is 53.2 Å². The molecule has 4 nitrogen and oxygen atoms in total. The van der Waals surface area contributed by atoms with Crippen LogP contribution in [-0.2, 0) is 9.53 Å². The Morgan fingerprint density at radius 2 is 1.50 bits per heavy atom. The molecular formula is C14H15NO3. The first kappa shape index (κ1) is 13.7. The van der Waals surface area contributed by atoms with E-state index in [0.717, 1.165) is 15.9 Å². The summed E-state index contributed by atoms with van der Waals surface area (Å²) in [7, 11) is 1.35. The summed E-state index contributed by atoms with van der Waals surface area (Å²) in [5.74, 6) is -0.245. The van der Waals surface area contributed by atoms with Gasteiger partial charge in [0, 0.05) is 19.1 Å². The average molecular weight is 245 g/mol. The highest BCUT2D eigenvalue weighted by Crippen LogP contribution is 2.16. The predicted molar refractivity (Wildman–Crippen MR) is 68.5 cm³/mol. The molecule has 1 aromatic carbocycles. The number of nitrogens with zero attached hydrogens (tertiary/aromatic N) is 1. The van der Waals surface area contributed by atoms with Gasteiger partial charge in [0.25, 0.3) is 0 Å². The van der Waals surface area contributed by atoms with Gasteiger partial charge in [-0.05, 0) is 11.1 Å². The fourth-order valence-corrected chi connectivity index (χ4v) is 1.24. The van der Waals surface area contributed by atoms with E-state index in [-0.39, 0.29) is 5.97 Å². The van der Waals surface area contributed by atoms with E-state index in [1.54, 1.807) is 0 Å². The van der Waals surface area contributed by atoms with Crippen molar-refractivity contribution in [3.63, 3.8) is 0 Å². The monoisotopic (exact) mass is 245 g/mol. The third-order valence-corrected chi connectivity index (χ3v) is 2.20. The van der Waals surface area contributed by atoms with Crippen LogP contribution in [0, 0.1) is 5.21 Å². The van der Waals surface area contributed by atoms with Crippen LogP contribution in [0.2, 0.25) is 0 Å². The number of pyridine rings is 1. The number of hydrogen-bond donors (Lipinski definition) is 0. The lowest BCUT2D eigenvalue weighted by Crippen LogP contribution is -2.23. The van der Waals surface area contributed by atoms with E-state index < -0.39 is 0 Å². The van der Waals surface area contributed by atoms with Gasteiger partial charge in [0.15, 0.2) is 12.4 Å².